The number of rotatable bonds is 6. The SMILES string of the molecule is CN(CC(=O)OC(C)(C)C)c1ncnc(Oc2ccc(C#N)c(F)c2)c1[N+](=O)[O-]. The van der Waals surface area contributed by atoms with Crippen LogP contribution in [0.25, 0.3) is 0 Å². The van der Waals surface area contributed by atoms with E-state index < -0.39 is 33.9 Å². The summed E-state index contributed by atoms with van der Waals surface area (Å²) in [7, 11) is 1.42. The van der Waals surface area contributed by atoms with Gasteiger partial charge in [0.2, 0.25) is 5.82 Å². The van der Waals surface area contributed by atoms with Crippen LogP contribution < -0.4 is 9.64 Å². The summed E-state index contributed by atoms with van der Waals surface area (Å²) in [6, 6.07) is 5.02. The van der Waals surface area contributed by atoms with Crippen molar-refractivity contribution < 1.29 is 23.6 Å². The molecule has 0 aliphatic heterocycles. The van der Waals surface area contributed by atoms with Crippen LogP contribution in [0, 0.1) is 27.3 Å². The Morgan fingerprint density at radius 2 is 2.07 bits per heavy atom. The van der Waals surface area contributed by atoms with E-state index >= 15 is 0 Å². The third-order valence-electron chi connectivity index (χ3n) is 3.38. The van der Waals surface area contributed by atoms with Gasteiger partial charge in [-0.25, -0.2) is 9.37 Å². The zero-order valence-corrected chi connectivity index (χ0v) is 16.2. The quantitative estimate of drug-likeness (QED) is 0.405. The van der Waals surface area contributed by atoms with Gasteiger partial charge in [-0.2, -0.15) is 10.2 Å². The Bertz CT molecular complexity index is 984. The molecule has 0 amide bonds. The summed E-state index contributed by atoms with van der Waals surface area (Å²) in [5, 5.41) is 20.4. The lowest BCUT2D eigenvalue weighted by atomic mass is 10.2. The van der Waals surface area contributed by atoms with Gasteiger partial charge in [0.25, 0.3) is 0 Å². The average Bonchev–Trinajstić information content (AvgIpc) is 2.59. The van der Waals surface area contributed by atoms with E-state index in [4.69, 9.17) is 14.7 Å². The molecule has 0 aliphatic rings. The van der Waals surface area contributed by atoms with Gasteiger partial charge in [0.15, 0.2) is 0 Å². The minimum Gasteiger partial charge on any atom is -0.459 e. The van der Waals surface area contributed by atoms with E-state index in [1.165, 1.54) is 24.1 Å². The summed E-state index contributed by atoms with van der Waals surface area (Å²) in [6.45, 7) is 4.78. The molecule has 0 unspecified atom stereocenters. The van der Waals surface area contributed by atoms with Crippen molar-refractivity contribution in [3.63, 3.8) is 0 Å². The van der Waals surface area contributed by atoms with Crippen molar-refractivity contribution in [2.45, 2.75) is 26.4 Å². The molecule has 0 N–H and O–H groups in total. The lowest BCUT2D eigenvalue weighted by Crippen LogP contribution is -2.33. The van der Waals surface area contributed by atoms with E-state index in [0.717, 1.165) is 12.4 Å². The van der Waals surface area contributed by atoms with Crippen LogP contribution in [-0.4, -0.2) is 40.1 Å². The van der Waals surface area contributed by atoms with Crippen molar-refractivity contribution >= 4 is 17.5 Å². The number of aromatic nitrogens is 2. The summed E-state index contributed by atoms with van der Waals surface area (Å²) in [4.78, 5) is 31.7. The van der Waals surface area contributed by atoms with Gasteiger partial charge >= 0.3 is 17.5 Å². The average molecular weight is 403 g/mol. The topological polar surface area (TPSA) is 131 Å². The van der Waals surface area contributed by atoms with Crippen LogP contribution in [0.4, 0.5) is 15.9 Å². The molecule has 1 aromatic heterocycles. The zero-order chi connectivity index (χ0) is 21.8. The van der Waals surface area contributed by atoms with Crippen molar-refractivity contribution in [3.8, 4) is 17.7 Å². The maximum absolute atomic E-state index is 13.8. The minimum atomic E-state index is -0.844. The normalized spacial score (nSPS) is 10.8. The Labute approximate surface area is 165 Å². The highest BCUT2D eigenvalue weighted by atomic mass is 19.1. The summed E-state index contributed by atoms with van der Waals surface area (Å²) in [6.07, 6.45) is 1.02. The number of benzene rings is 1. The highest BCUT2D eigenvalue weighted by Gasteiger charge is 2.29. The minimum absolute atomic E-state index is 0.0935. The Morgan fingerprint density at radius 1 is 1.38 bits per heavy atom. The fourth-order valence-electron chi connectivity index (χ4n) is 2.27. The molecule has 0 bridgehead atoms. The number of nitrogens with zero attached hydrogens (tertiary/aromatic N) is 5. The summed E-state index contributed by atoms with van der Waals surface area (Å²) < 4.78 is 24.3. The standard InChI is InChI=1S/C18H18FN5O5/c1-18(2,3)29-14(25)9-23(4)16-15(24(26)27)17(22-10-21-16)28-12-6-5-11(8-20)13(19)7-12/h5-7,10H,9H2,1-4H3. The number of hydrogen-bond acceptors (Lipinski definition) is 9. The Morgan fingerprint density at radius 3 is 2.62 bits per heavy atom. The van der Waals surface area contributed by atoms with Gasteiger partial charge in [-0.15, -0.1) is 0 Å². The van der Waals surface area contributed by atoms with Crippen LogP contribution in [0.3, 0.4) is 0 Å². The van der Waals surface area contributed by atoms with Gasteiger partial charge in [0.1, 0.15) is 36.1 Å². The maximum Gasteiger partial charge on any atom is 0.373 e. The molecule has 2 aromatic rings. The molecular formula is C18H18FN5O5. The van der Waals surface area contributed by atoms with Crippen LogP contribution in [-0.2, 0) is 9.53 Å². The summed E-state index contributed by atoms with van der Waals surface area (Å²) in [5.74, 6) is -2.17. The van der Waals surface area contributed by atoms with E-state index in [1.54, 1.807) is 26.8 Å². The van der Waals surface area contributed by atoms with Gasteiger partial charge in [0, 0.05) is 13.1 Å². The second-order valence-corrected chi connectivity index (χ2v) is 6.91. The third kappa shape index (κ3) is 5.58. The fourth-order valence-corrected chi connectivity index (χ4v) is 2.27. The van der Waals surface area contributed by atoms with Crippen molar-refractivity contribution in [1.82, 2.24) is 9.97 Å². The number of ether oxygens (including phenoxy) is 2. The van der Waals surface area contributed by atoms with Gasteiger partial charge in [0.05, 0.1) is 10.5 Å². The zero-order valence-electron chi connectivity index (χ0n) is 16.2. The largest absolute Gasteiger partial charge is 0.459 e. The first-order valence-corrected chi connectivity index (χ1v) is 8.31. The van der Waals surface area contributed by atoms with Crippen LogP contribution in [0.2, 0.25) is 0 Å². The van der Waals surface area contributed by atoms with E-state index in [9.17, 15) is 19.3 Å². The van der Waals surface area contributed by atoms with Gasteiger partial charge in [-0.05, 0) is 32.9 Å². The summed E-state index contributed by atoms with van der Waals surface area (Å²) >= 11 is 0. The Hall–Kier alpha value is -3.81. The predicted molar refractivity (Wildman–Crippen MR) is 99.0 cm³/mol. The number of hydrogen-bond donors (Lipinski definition) is 0. The smallest absolute Gasteiger partial charge is 0.373 e. The molecule has 0 atom stereocenters. The number of carbonyl (C=O) groups excluding carboxylic acids is 1. The predicted octanol–water partition coefficient (Wildman–Crippen LogP) is 2.97. The Kier molecular flexibility index (Phi) is 6.28. The van der Waals surface area contributed by atoms with Crippen LogP contribution >= 0.6 is 0 Å². The molecule has 0 radical (unpaired) electrons. The molecule has 29 heavy (non-hydrogen) atoms. The van der Waals surface area contributed by atoms with Crippen LogP contribution in [0.15, 0.2) is 24.5 Å². The molecule has 0 aliphatic carbocycles. The number of carbonyl (C=O) groups is 1. The third-order valence-corrected chi connectivity index (χ3v) is 3.38. The van der Waals surface area contributed by atoms with Gasteiger partial charge in [-0.1, -0.05) is 0 Å². The molecule has 11 heteroatoms. The fraction of sp³-hybridized carbons (Fsp3) is 0.333. The monoisotopic (exact) mass is 403 g/mol. The number of anilines is 1. The number of nitro groups is 1. The molecule has 0 spiro atoms. The molecular weight excluding hydrogens is 385 g/mol. The first-order chi connectivity index (χ1) is 13.5. The number of nitriles is 1. The van der Waals surface area contributed by atoms with Crippen molar-refractivity contribution in [1.29, 1.82) is 5.26 Å². The first-order valence-electron chi connectivity index (χ1n) is 8.31. The van der Waals surface area contributed by atoms with Crippen molar-refractivity contribution in [2.75, 3.05) is 18.5 Å². The maximum atomic E-state index is 13.8. The highest BCUT2D eigenvalue weighted by Crippen LogP contribution is 2.35. The van der Waals surface area contributed by atoms with E-state index in [-0.39, 0.29) is 23.7 Å². The molecule has 2 rings (SSSR count). The van der Waals surface area contributed by atoms with Crippen molar-refractivity contribution in [3.05, 3.63) is 46.0 Å². The molecule has 0 saturated carbocycles. The number of halogens is 1. The molecule has 0 fully saturated rings. The molecule has 0 saturated heterocycles. The van der Waals surface area contributed by atoms with Gasteiger partial charge in [-0.3, -0.25) is 14.9 Å². The lowest BCUT2D eigenvalue weighted by Gasteiger charge is -2.23. The van der Waals surface area contributed by atoms with Crippen LogP contribution in [0.1, 0.15) is 26.3 Å². The second kappa shape index (κ2) is 8.47. The number of likely N-dealkylation sites (N-methyl/N-ethyl adjacent to an activating group) is 1. The van der Waals surface area contributed by atoms with Crippen molar-refractivity contribution in [2.24, 2.45) is 0 Å². The second-order valence-electron chi connectivity index (χ2n) is 6.91. The molecule has 1 heterocycles. The van der Waals surface area contributed by atoms with E-state index in [1.807, 2.05) is 0 Å². The molecule has 10 nitrogen and oxygen atoms in total. The summed E-state index contributed by atoms with van der Waals surface area (Å²) in [5.41, 5.74) is -1.53. The van der Waals surface area contributed by atoms with E-state index in [0.29, 0.717) is 0 Å². The Balaban J connectivity index is 2.34. The van der Waals surface area contributed by atoms with E-state index in [2.05, 4.69) is 9.97 Å². The van der Waals surface area contributed by atoms with Crippen LogP contribution in [0.5, 0.6) is 11.6 Å². The first kappa shape index (κ1) is 21.5. The molecule has 152 valence electrons. The molecule has 1 aromatic carbocycles. The number of esters is 1. The highest BCUT2D eigenvalue weighted by molar-refractivity contribution is 5.77. The van der Waals surface area contributed by atoms with Gasteiger partial charge < -0.3 is 14.4 Å². The lowest BCUT2D eigenvalue weighted by molar-refractivity contribution is -0.385.